The molecule has 0 heterocycles. The standard InChI is InChI=1S/C51H40/c1-3-35-32-48-49(33-47(35)40-21-9-7-16-34(40)2)51(43-24-12-11-23-42(43)39-30-28-37(29-31-39)36-17-5-4-6-18-36)46-26-14-13-25-45(46)50(48)44-27-15-20-38-19-8-10-22-41(38)44/h4-34,40H,3H2,1-2H3. The van der Waals surface area contributed by atoms with Gasteiger partial charge in [0.25, 0.3) is 0 Å². The molecule has 8 aromatic carbocycles. The first-order chi connectivity index (χ1) is 25.2. The van der Waals surface area contributed by atoms with E-state index >= 15 is 0 Å². The summed E-state index contributed by atoms with van der Waals surface area (Å²) < 4.78 is 0. The molecule has 0 aliphatic heterocycles. The van der Waals surface area contributed by atoms with E-state index in [0.29, 0.717) is 11.8 Å². The summed E-state index contributed by atoms with van der Waals surface area (Å²) in [6, 6.07) is 58.5. The average molecular weight is 653 g/mol. The second-order valence-corrected chi connectivity index (χ2v) is 13.9. The lowest BCUT2D eigenvalue weighted by atomic mass is 9.77. The number of hydrogen-bond donors (Lipinski definition) is 0. The first kappa shape index (κ1) is 31.0. The van der Waals surface area contributed by atoms with Crippen molar-refractivity contribution in [1.82, 2.24) is 0 Å². The minimum absolute atomic E-state index is 0.329. The van der Waals surface area contributed by atoms with Gasteiger partial charge in [-0.1, -0.05) is 190 Å². The Morgan fingerprint density at radius 2 is 0.980 bits per heavy atom. The molecule has 1 aliphatic rings. The summed E-state index contributed by atoms with van der Waals surface area (Å²) in [7, 11) is 0. The van der Waals surface area contributed by atoms with Crippen LogP contribution in [0, 0.1) is 5.92 Å². The summed E-state index contributed by atoms with van der Waals surface area (Å²) in [5, 5.41) is 7.75. The van der Waals surface area contributed by atoms with Gasteiger partial charge in [-0.05, 0) is 106 Å². The molecule has 0 nitrogen and oxygen atoms in total. The van der Waals surface area contributed by atoms with Crippen LogP contribution in [-0.2, 0) is 6.42 Å². The molecule has 0 spiro atoms. The molecule has 2 unspecified atom stereocenters. The van der Waals surface area contributed by atoms with E-state index in [-0.39, 0.29) is 0 Å². The molecule has 0 saturated heterocycles. The Morgan fingerprint density at radius 3 is 1.73 bits per heavy atom. The van der Waals surface area contributed by atoms with Gasteiger partial charge in [0.2, 0.25) is 0 Å². The largest absolute Gasteiger partial charge is 0.0808 e. The van der Waals surface area contributed by atoms with Gasteiger partial charge in [0, 0.05) is 5.92 Å². The second-order valence-electron chi connectivity index (χ2n) is 13.9. The van der Waals surface area contributed by atoms with E-state index in [9.17, 15) is 0 Å². The van der Waals surface area contributed by atoms with Crippen LogP contribution >= 0.6 is 0 Å². The van der Waals surface area contributed by atoms with Crippen molar-refractivity contribution in [1.29, 1.82) is 0 Å². The van der Waals surface area contributed by atoms with Crippen LogP contribution in [0.5, 0.6) is 0 Å². The zero-order valence-corrected chi connectivity index (χ0v) is 29.2. The fourth-order valence-electron chi connectivity index (χ4n) is 8.46. The summed E-state index contributed by atoms with van der Waals surface area (Å²) in [5.41, 5.74) is 13.0. The maximum atomic E-state index is 2.56. The maximum absolute atomic E-state index is 2.56. The Hall–Kier alpha value is -5.98. The van der Waals surface area contributed by atoms with Gasteiger partial charge in [-0.25, -0.2) is 0 Å². The number of rotatable bonds is 6. The van der Waals surface area contributed by atoms with Crippen molar-refractivity contribution < 1.29 is 0 Å². The van der Waals surface area contributed by atoms with E-state index in [4.69, 9.17) is 0 Å². The van der Waals surface area contributed by atoms with E-state index in [0.717, 1.165) is 6.42 Å². The third-order valence-corrected chi connectivity index (χ3v) is 11.0. The van der Waals surface area contributed by atoms with E-state index in [1.165, 1.54) is 88.0 Å². The van der Waals surface area contributed by atoms with Crippen LogP contribution < -0.4 is 0 Å². The third kappa shape index (κ3) is 5.40. The lowest BCUT2D eigenvalue weighted by Gasteiger charge is -2.26. The summed E-state index contributed by atoms with van der Waals surface area (Å²) in [5.74, 6) is 0.755. The highest BCUT2D eigenvalue weighted by molar-refractivity contribution is 6.24. The Balaban J connectivity index is 1.38. The average Bonchev–Trinajstić information content (AvgIpc) is 3.20. The molecule has 0 fully saturated rings. The molecule has 51 heavy (non-hydrogen) atoms. The summed E-state index contributed by atoms with van der Waals surface area (Å²) in [6.07, 6.45) is 10.2. The summed E-state index contributed by atoms with van der Waals surface area (Å²) in [6.45, 7) is 4.66. The zero-order valence-electron chi connectivity index (χ0n) is 29.2. The van der Waals surface area contributed by atoms with Gasteiger partial charge in [0.05, 0.1) is 0 Å². The van der Waals surface area contributed by atoms with Gasteiger partial charge >= 0.3 is 0 Å². The topological polar surface area (TPSA) is 0 Å². The highest BCUT2D eigenvalue weighted by atomic mass is 14.3. The number of fused-ring (bicyclic) bond motifs is 3. The van der Waals surface area contributed by atoms with Gasteiger partial charge in [-0.15, -0.1) is 0 Å². The predicted molar refractivity (Wildman–Crippen MR) is 220 cm³/mol. The second kappa shape index (κ2) is 13.0. The SMILES string of the molecule is CCc1cc2c(-c3cccc4ccccc34)c3ccccc3c(-c3ccccc3-c3ccc(-c4ccccc4)cc3)c2cc1C1C=CC=CC1C. The molecule has 1 aliphatic carbocycles. The minimum atomic E-state index is 0.329. The lowest BCUT2D eigenvalue weighted by molar-refractivity contribution is 0.631. The van der Waals surface area contributed by atoms with Crippen LogP contribution in [0.1, 0.15) is 30.9 Å². The Bertz CT molecular complexity index is 2610. The van der Waals surface area contributed by atoms with Crippen molar-refractivity contribution in [2.24, 2.45) is 5.92 Å². The third-order valence-electron chi connectivity index (χ3n) is 11.0. The fraction of sp³-hybridized carbons (Fsp3) is 0.0980. The molecule has 0 aromatic heterocycles. The molecule has 0 heteroatoms. The van der Waals surface area contributed by atoms with E-state index < -0.39 is 0 Å². The van der Waals surface area contributed by atoms with E-state index in [1.807, 2.05) is 0 Å². The van der Waals surface area contributed by atoms with Crippen molar-refractivity contribution >= 4 is 32.3 Å². The predicted octanol–water partition coefficient (Wildman–Crippen LogP) is 14.2. The van der Waals surface area contributed by atoms with Crippen LogP contribution in [0.25, 0.3) is 76.8 Å². The normalized spacial score (nSPS) is 15.6. The van der Waals surface area contributed by atoms with Crippen molar-refractivity contribution in [2.75, 3.05) is 0 Å². The molecule has 2 atom stereocenters. The van der Waals surface area contributed by atoms with Crippen molar-refractivity contribution in [2.45, 2.75) is 26.2 Å². The van der Waals surface area contributed by atoms with Gasteiger partial charge < -0.3 is 0 Å². The number of aryl methyl sites for hydroxylation is 1. The van der Waals surface area contributed by atoms with Crippen LogP contribution in [-0.4, -0.2) is 0 Å². The number of allylic oxidation sites excluding steroid dienone is 4. The Labute approximate surface area is 301 Å². The first-order valence-electron chi connectivity index (χ1n) is 18.3. The minimum Gasteiger partial charge on any atom is -0.0808 e. The summed E-state index contributed by atoms with van der Waals surface area (Å²) in [4.78, 5) is 0. The Kier molecular flexibility index (Phi) is 7.94. The molecule has 244 valence electrons. The summed E-state index contributed by atoms with van der Waals surface area (Å²) >= 11 is 0. The molecule has 0 amide bonds. The molecule has 9 rings (SSSR count). The molecule has 0 bridgehead atoms. The van der Waals surface area contributed by atoms with Gasteiger partial charge in [-0.2, -0.15) is 0 Å². The quantitative estimate of drug-likeness (QED) is 0.157. The molecular weight excluding hydrogens is 613 g/mol. The Morgan fingerprint density at radius 1 is 0.431 bits per heavy atom. The molecule has 0 N–H and O–H groups in total. The van der Waals surface area contributed by atoms with Crippen molar-refractivity contribution in [3.63, 3.8) is 0 Å². The van der Waals surface area contributed by atoms with Gasteiger partial charge in [0.15, 0.2) is 0 Å². The monoisotopic (exact) mass is 652 g/mol. The van der Waals surface area contributed by atoms with Crippen LogP contribution in [0.3, 0.4) is 0 Å². The van der Waals surface area contributed by atoms with E-state index in [2.05, 4.69) is 196 Å². The molecular formula is C51H40. The first-order valence-corrected chi connectivity index (χ1v) is 18.3. The van der Waals surface area contributed by atoms with Crippen LogP contribution in [0.15, 0.2) is 182 Å². The molecule has 0 saturated carbocycles. The van der Waals surface area contributed by atoms with Gasteiger partial charge in [0.1, 0.15) is 0 Å². The number of hydrogen-bond acceptors (Lipinski definition) is 0. The van der Waals surface area contributed by atoms with E-state index in [1.54, 1.807) is 0 Å². The zero-order chi connectivity index (χ0) is 34.3. The van der Waals surface area contributed by atoms with Crippen LogP contribution in [0.2, 0.25) is 0 Å². The highest BCUT2D eigenvalue weighted by Crippen LogP contribution is 2.49. The highest BCUT2D eigenvalue weighted by Gasteiger charge is 2.25. The van der Waals surface area contributed by atoms with Crippen LogP contribution in [0.4, 0.5) is 0 Å². The number of benzene rings is 8. The van der Waals surface area contributed by atoms with Crippen molar-refractivity contribution in [3.05, 3.63) is 193 Å². The maximum Gasteiger partial charge on any atom is 0.00843 e. The van der Waals surface area contributed by atoms with Gasteiger partial charge in [-0.3, -0.25) is 0 Å². The molecule has 0 radical (unpaired) electrons. The lowest BCUT2D eigenvalue weighted by Crippen LogP contribution is -2.10. The van der Waals surface area contributed by atoms with Crippen molar-refractivity contribution in [3.8, 4) is 44.5 Å². The molecule has 8 aromatic rings. The smallest absolute Gasteiger partial charge is 0.00843 e. The fourth-order valence-corrected chi connectivity index (χ4v) is 8.46.